The number of benzene rings is 2. The van der Waals surface area contributed by atoms with Gasteiger partial charge in [0.25, 0.3) is 5.91 Å². The molecule has 0 spiro atoms. The van der Waals surface area contributed by atoms with Crippen LogP contribution in [0.3, 0.4) is 0 Å². The highest BCUT2D eigenvalue weighted by Crippen LogP contribution is 2.15. The summed E-state index contributed by atoms with van der Waals surface area (Å²) >= 11 is 0. The van der Waals surface area contributed by atoms with Crippen LogP contribution in [0.4, 0.5) is 0 Å². The molecule has 0 saturated carbocycles. The van der Waals surface area contributed by atoms with E-state index in [9.17, 15) is 4.79 Å². The Morgan fingerprint density at radius 1 is 1.00 bits per heavy atom. The van der Waals surface area contributed by atoms with Crippen LogP contribution in [0.1, 0.15) is 31.0 Å². The van der Waals surface area contributed by atoms with Gasteiger partial charge in [0.05, 0.1) is 6.04 Å². The summed E-state index contributed by atoms with van der Waals surface area (Å²) in [5, 5.41) is 2.97. The molecule has 2 rings (SSSR count). The molecule has 0 radical (unpaired) electrons. The fourth-order valence-corrected chi connectivity index (χ4v) is 2.03. The van der Waals surface area contributed by atoms with E-state index >= 15 is 0 Å². The minimum Gasteiger partial charge on any atom is -0.481 e. The van der Waals surface area contributed by atoms with Gasteiger partial charge in [-0.15, -0.1) is 0 Å². The molecule has 2 aromatic carbocycles. The molecule has 2 atom stereocenters. The van der Waals surface area contributed by atoms with Gasteiger partial charge in [0.2, 0.25) is 0 Å². The Morgan fingerprint density at radius 3 is 2.24 bits per heavy atom. The smallest absolute Gasteiger partial charge is 0.261 e. The fraction of sp³-hybridized carbons (Fsp3) is 0.278. The van der Waals surface area contributed by atoms with Crippen molar-refractivity contribution in [3.05, 3.63) is 65.7 Å². The summed E-state index contributed by atoms with van der Waals surface area (Å²) in [6.45, 7) is 5.77. The Labute approximate surface area is 126 Å². The van der Waals surface area contributed by atoms with Gasteiger partial charge in [-0.05, 0) is 38.5 Å². The number of aryl methyl sites for hydroxylation is 1. The number of carbonyl (C=O) groups is 1. The van der Waals surface area contributed by atoms with Crippen molar-refractivity contribution in [2.24, 2.45) is 0 Å². The molecule has 1 amide bonds. The lowest BCUT2D eigenvalue weighted by Crippen LogP contribution is -2.37. The average molecular weight is 283 g/mol. The summed E-state index contributed by atoms with van der Waals surface area (Å²) in [5.74, 6) is 0.579. The molecule has 0 bridgehead atoms. The van der Waals surface area contributed by atoms with E-state index in [4.69, 9.17) is 4.74 Å². The molecule has 3 nitrogen and oxygen atoms in total. The Kier molecular flexibility index (Phi) is 4.99. The molecule has 0 unspecified atom stereocenters. The average Bonchev–Trinajstić information content (AvgIpc) is 2.48. The summed E-state index contributed by atoms with van der Waals surface area (Å²) in [5.41, 5.74) is 2.29. The van der Waals surface area contributed by atoms with Gasteiger partial charge >= 0.3 is 0 Å². The highest BCUT2D eigenvalue weighted by atomic mass is 16.5. The number of hydrogen-bond acceptors (Lipinski definition) is 2. The highest BCUT2D eigenvalue weighted by Gasteiger charge is 2.17. The summed E-state index contributed by atoms with van der Waals surface area (Å²) in [6, 6.07) is 17.5. The third-order valence-electron chi connectivity index (χ3n) is 3.36. The first-order chi connectivity index (χ1) is 10.1. The van der Waals surface area contributed by atoms with Gasteiger partial charge in [0, 0.05) is 0 Å². The van der Waals surface area contributed by atoms with E-state index < -0.39 is 6.10 Å². The molecule has 0 aromatic heterocycles. The summed E-state index contributed by atoms with van der Waals surface area (Å²) < 4.78 is 5.62. The molecule has 0 saturated heterocycles. The summed E-state index contributed by atoms with van der Waals surface area (Å²) in [4.78, 5) is 12.2. The number of amides is 1. The first kappa shape index (κ1) is 15.1. The van der Waals surface area contributed by atoms with Gasteiger partial charge in [-0.3, -0.25) is 4.79 Å². The molecule has 2 aromatic rings. The lowest BCUT2D eigenvalue weighted by Gasteiger charge is -2.19. The SMILES string of the molecule is Cc1ccc([C@H](C)NC(=O)[C@@H](C)Oc2ccccc2)cc1. The van der Waals surface area contributed by atoms with Crippen molar-refractivity contribution in [3.63, 3.8) is 0 Å². The van der Waals surface area contributed by atoms with Crippen LogP contribution in [0.5, 0.6) is 5.75 Å². The zero-order valence-electron chi connectivity index (χ0n) is 12.7. The minimum atomic E-state index is -0.528. The molecule has 1 N–H and O–H groups in total. The van der Waals surface area contributed by atoms with Gasteiger partial charge < -0.3 is 10.1 Å². The zero-order chi connectivity index (χ0) is 15.2. The molecule has 0 fully saturated rings. The Hall–Kier alpha value is -2.29. The summed E-state index contributed by atoms with van der Waals surface area (Å²) in [7, 11) is 0. The van der Waals surface area contributed by atoms with Crippen LogP contribution < -0.4 is 10.1 Å². The van der Waals surface area contributed by atoms with Crippen molar-refractivity contribution in [1.29, 1.82) is 0 Å². The van der Waals surface area contributed by atoms with Gasteiger partial charge in [-0.25, -0.2) is 0 Å². The van der Waals surface area contributed by atoms with E-state index in [-0.39, 0.29) is 11.9 Å². The topological polar surface area (TPSA) is 38.3 Å². The zero-order valence-corrected chi connectivity index (χ0v) is 12.7. The normalized spacial score (nSPS) is 13.3. The number of hydrogen-bond donors (Lipinski definition) is 1. The number of ether oxygens (including phenoxy) is 1. The van der Waals surface area contributed by atoms with Crippen molar-refractivity contribution in [2.45, 2.75) is 32.9 Å². The molecule has 0 aliphatic carbocycles. The molecule has 0 aliphatic heterocycles. The van der Waals surface area contributed by atoms with Crippen molar-refractivity contribution in [1.82, 2.24) is 5.32 Å². The van der Waals surface area contributed by atoms with Crippen LogP contribution in [0.25, 0.3) is 0 Å². The van der Waals surface area contributed by atoms with Crippen molar-refractivity contribution >= 4 is 5.91 Å². The second-order valence-corrected chi connectivity index (χ2v) is 5.21. The number of rotatable bonds is 5. The third-order valence-corrected chi connectivity index (χ3v) is 3.36. The van der Waals surface area contributed by atoms with Crippen molar-refractivity contribution in [3.8, 4) is 5.75 Å². The second kappa shape index (κ2) is 6.93. The Balaban J connectivity index is 1.92. The van der Waals surface area contributed by atoms with E-state index in [0.717, 1.165) is 5.56 Å². The van der Waals surface area contributed by atoms with E-state index in [1.165, 1.54) is 5.56 Å². The third kappa shape index (κ3) is 4.35. The van der Waals surface area contributed by atoms with E-state index in [1.54, 1.807) is 6.92 Å². The first-order valence-electron chi connectivity index (χ1n) is 7.15. The van der Waals surface area contributed by atoms with Crippen LogP contribution in [0, 0.1) is 6.92 Å². The maximum atomic E-state index is 12.2. The van der Waals surface area contributed by atoms with Crippen LogP contribution in [-0.2, 0) is 4.79 Å². The number of carbonyl (C=O) groups excluding carboxylic acids is 1. The van der Waals surface area contributed by atoms with Gasteiger partial charge in [0.15, 0.2) is 6.10 Å². The van der Waals surface area contributed by atoms with Gasteiger partial charge in [-0.1, -0.05) is 48.0 Å². The highest BCUT2D eigenvalue weighted by molar-refractivity contribution is 5.81. The van der Waals surface area contributed by atoms with Crippen LogP contribution in [-0.4, -0.2) is 12.0 Å². The van der Waals surface area contributed by atoms with Gasteiger partial charge in [0.1, 0.15) is 5.75 Å². The van der Waals surface area contributed by atoms with Crippen LogP contribution in [0.15, 0.2) is 54.6 Å². The molecule has 3 heteroatoms. The molecular weight excluding hydrogens is 262 g/mol. The van der Waals surface area contributed by atoms with Crippen LogP contribution >= 0.6 is 0 Å². The lowest BCUT2D eigenvalue weighted by molar-refractivity contribution is -0.127. The molecule has 21 heavy (non-hydrogen) atoms. The molecule has 0 heterocycles. The monoisotopic (exact) mass is 283 g/mol. The van der Waals surface area contributed by atoms with Crippen molar-refractivity contribution in [2.75, 3.05) is 0 Å². The molecule has 0 aliphatic rings. The minimum absolute atomic E-state index is 0.0417. The van der Waals surface area contributed by atoms with E-state index in [1.807, 2.05) is 68.4 Å². The second-order valence-electron chi connectivity index (χ2n) is 5.21. The van der Waals surface area contributed by atoms with Crippen molar-refractivity contribution < 1.29 is 9.53 Å². The van der Waals surface area contributed by atoms with E-state index in [0.29, 0.717) is 5.75 Å². The number of nitrogens with one attached hydrogen (secondary N) is 1. The maximum Gasteiger partial charge on any atom is 0.261 e. The lowest BCUT2D eigenvalue weighted by atomic mass is 10.1. The predicted octanol–water partition coefficient (Wildman–Crippen LogP) is 3.64. The van der Waals surface area contributed by atoms with Gasteiger partial charge in [-0.2, -0.15) is 0 Å². The maximum absolute atomic E-state index is 12.2. The molecule has 110 valence electrons. The van der Waals surface area contributed by atoms with E-state index in [2.05, 4.69) is 5.32 Å². The predicted molar refractivity (Wildman–Crippen MR) is 84.3 cm³/mol. The first-order valence-corrected chi connectivity index (χ1v) is 7.15. The Morgan fingerprint density at radius 2 is 1.62 bits per heavy atom. The standard InChI is InChI=1S/C18H21NO2/c1-13-9-11-16(12-10-13)14(2)19-18(20)15(3)21-17-7-5-4-6-8-17/h4-12,14-15H,1-3H3,(H,19,20)/t14-,15+/m0/s1. The largest absolute Gasteiger partial charge is 0.481 e. The summed E-state index contributed by atoms with van der Waals surface area (Å²) in [6.07, 6.45) is -0.528. The van der Waals surface area contributed by atoms with Crippen LogP contribution in [0.2, 0.25) is 0 Å². The molecular formula is C18H21NO2. The Bertz CT molecular complexity index is 578. The number of para-hydroxylation sites is 1. The fourth-order valence-electron chi connectivity index (χ4n) is 2.03. The quantitative estimate of drug-likeness (QED) is 0.909.